The molecule has 3 atom stereocenters. The quantitative estimate of drug-likeness (QED) is 0.631. The second-order valence-corrected chi connectivity index (χ2v) is 9.10. The van der Waals surface area contributed by atoms with E-state index in [1.54, 1.807) is 12.1 Å². The van der Waals surface area contributed by atoms with Crippen LogP contribution in [-0.2, 0) is 21.4 Å². The van der Waals surface area contributed by atoms with E-state index in [0.29, 0.717) is 43.9 Å². The highest BCUT2D eigenvalue weighted by Crippen LogP contribution is 2.33. The number of rotatable bonds is 5. The SMILES string of the molecule is Cn1c(=O)n(C2CCC(=O)NC2=O)c2ccc(N3CC(CO[C@H]4CCNC[C@H]4F)C3)c(F)c21. The average Bonchev–Trinajstić information content (AvgIpc) is 3.00. The maximum Gasteiger partial charge on any atom is 0.329 e. The Morgan fingerprint density at radius 2 is 1.97 bits per heavy atom. The number of hydrogen-bond acceptors (Lipinski definition) is 6. The summed E-state index contributed by atoms with van der Waals surface area (Å²) in [5.74, 6) is -1.28. The molecule has 11 heteroatoms. The maximum absolute atomic E-state index is 15.5. The van der Waals surface area contributed by atoms with Crippen LogP contribution in [0.5, 0.6) is 0 Å². The molecule has 0 spiro atoms. The fourth-order valence-corrected chi connectivity index (χ4v) is 5.01. The molecule has 1 aromatic heterocycles. The molecule has 3 aliphatic heterocycles. The van der Waals surface area contributed by atoms with Gasteiger partial charge in [-0.05, 0) is 31.5 Å². The maximum atomic E-state index is 15.5. The number of benzene rings is 1. The van der Waals surface area contributed by atoms with E-state index in [2.05, 4.69) is 10.6 Å². The summed E-state index contributed by atoms with van der Waals surface area (Å²) in [5, 5.41) is 5.24. The highest BCUT2D eigenvalue weighted by Gasteiger charge is 2.35. The van der Waals surface area contributed by atoms with Gasteiger partial charge in [0.1, 0.15) is 17.7 Å². The molecule has 0 radical (unpaired) electrons. The molecule has 0 aliphatic carbocycles. The summed E-state index contributed by atoms with van der Waals surface area (Å²) < 4.78 is 37.6. The number of carbonyl (C=O) groups excluding carboxylic acids is 2. The summed E-state index contributed by atoms with van der Waals surface area (Å²) in [4.78, 5) is 38.5. The van der Waals surface area contributed by atoms with E-state index in [9.17, 15) is 18.8 Å². The lowest BCUT2D eigenvalue weighted by molar-refractivity contribution is -0.135. The van der Waals surface area contributed by atoms with Crippen molar-refractivity contribution in [1.29, 1.82) is 0 Å². The molecule has 4 heterocycles. The van der Waals surface area contributed by atoms with Crippen molar-refractivity contribution in [3.05, 3.63) is 28.4 Å². The average molecular weight is 463 g/mol. The number of anilines is 1. The molecular weight excluding hydrogens is 436 g/mol. The molecule has 0 bridgehead atoms. The van der Waals surface area contributed by atoms with Crippen LogP contribution in [-0.4, -0.2) is 66.0 Å². The van der Waals surface area contributed by atoms with Crippen molar-refractivity contribution in [2.45, 2.75) is 37.6 Å². The van der Waals surface area contributed by atoms with Crippen molar-refractivity contribution < 1.29 is 23.1 Å². The van der Waals surface area contributed by atoms with Crippen LogP contribution in [0.3, 0.4) is 0 Å². The van der Waals surface area contributed by atoms with Gasteiger partial charge < -0.3 is 15.0 Å². The number of carbonyl (C=O) groups is 2. The first-order chi connectivity index (χ1) is 15.8. The molecule has 2 aromatic rings. The summed E-state index contributed by atoms with van der Waals surface area (Å²) in [5.41, 5.74) is 0.309. The minimum atomic E-state index is -1.01. The Morgan fingerprint density at radius 1 is 1.18 bits per heavy atom. The number of alkyl halides is 1. The zero-order valence-corrected chi connectivity index (χ0v) is 18.4. The monoisotopic (exact) mass is 463 g/mol. The molecule has 1 unspecified atom stereocenters. The summed E-state index contributed by atoms with van der Waals surface area (Å²) in [7, 11) is 1.47. The van der Waals surface area contributed by atoms with Gasteiger partial charge in [0, 0.05) is 39.0 Å². The van der Waals surface area contributed by atoms with Gasteiger partial charge in [-0.15, -0.1) is 0 Å². The Kier molecular flexibility index (Phi) is 5.69. The molecule has 1 aromatic carbocycles. The van der Waals surface area contributed by atoms with Crippen molar-refractivity contribution in [1.82, 2.24) is 19.8 Å². The number of hydrogen-bond donors (Lipinski definition) is 2. The Labute approximate surface area is 188 Å². The summed E-state index contributed by atoms with van der Waals surface area (Å²) in [6.45, 7) is 2.63. The normalized spacial score (nSPS) is 26.5. The van der Waals surface area contributed by atoms with E-state index in [4.69, 9.17) is 4.74 Å². The number of nitrogens with one attached hydrogen (secondary N) is 2. The first kappa shape index (κ1) is 22.0. The predicted octanol–water partition coefficient (Wildman–Crippen LogP) is 0.610. The molecule has 2 N–H and O–H groups in total. The molecule has 3 saturated heterocycles. The first-order valence-corrected chi connectivity index (χ1v) is 11.3. The zero-order chi connectivity index (χ0) is 23.3. The number of aromatic nitrogens is 2. The third-order valence-corrected chi connectivity index (χ3v) is 6.88. The van der Waals surface area contributed by atoms with Crippen LogP contribution in [0, 0.1) is 11.7 Å². The molecule has 33 heavy (non-hydrogen) atoms. The molecule has 0 saturated carbocycles. The number of halogens is 2. The molecule has 178 valence electrons. The highest BCUT2D eigenvalue weighted by atomic mass is 19.1. The van der Waals surface area contributed by atoms with Gasteiger partial charge in [-0.2, -0.15) is 0 Å². The van der Waals surface area contributed by atoms with Gasteiger partial charge in [0.05, 0.1) is 23.9 Å². The van der Waals surface area contributed by atoms with Crippen molar-refractivity contribution >= 4 is 28.5 Å². The van der Waals surface area contributed by atoms with Crippen LogP contribution in [0.15, 0.2) is 16.9 Å². The molecule has 9 nitrogen and oxygen atoms in total. The van der Waals surface area contributed by atoms with E-state index in [-0.39, 0.29) is 30.2 Å². The second-order valence-electron chi connectivity index (χ2n) is 9.10. The molecule has 2 amide bonds. The second kappa shape index (κ2) is 8.53. The van der Waals surface area contributed by atoms with E-state index in [1.807, 2.05) is 4.90 Å². The molecule has 5 rings (SSSR count). The van der Waals surface area contributed by atoms with E-state index >= 15 is 4.39 Å². The third-order valence-electron chi connectivity index (χ3n) is 6.88. The number of piperidine rings is 2. The topological polar surface area (TPSA) is 97.6 Å². The van der Waals surface area contributed by atoms with Crippen LogP contribution in [0.4, 0.5) is 14.5 Å². The van der Waals surface area contributed by atoms with Crippen LogP contribution in [0.1, 0.15) is 25.3 Å². The van der Waals surface area contributed by atoms with Crippen LogP contribution in [0.2, 0.25) is 0 Å². The largest absolute Gasteiger partial charge is 0.375 e. The molecule has 3 aliphatic rings. The van der Waals surface area contributed by atoms with E-state index < -0.39 is 35.7 Å². The number of imide groups is 1. The molecular formula is C22H27F2N5O4. The number of imidazole rings is 1. The van der Waals surface area contributed by atoms with Gasteiger partial charge in [0.2, 0.25) is 11.8 Å². The van der Waals surface area contributed by atoms with Gasteiger partial charge >= 0.3 is 5.69 Å². The van der Waals surface area contributed by atoms with Gasteiger partial charge in [0.25, 0.3) is 0 Å². The summed E-state index contributed by atoms with van der Waals surface area (Å²) in [6, 6.07) is 2.40. The van der Waals surface area contributed by atoms with Crippen molar-refractivity contribution in [3.8, 4) is 0 Å². The van der Waals surface area contributed by atoms with Gasteiger partial charge in [-0.3, -0.25) is 24.0 Å². The van der Waals surface area contributed by atoms with Crippen LogP contribution in [0.25, 0.3) is 11.0 Å². The standard InChI is InChI=1S/C22H27F2N5O4/c1-27-20-15(29(22(27)32)16-4-5-18(30)26-21(16)31)3-2-14(19(20)24)28-9-12(10-28)11-33-17-6-7-25-8-13(17)23/h2-3,12-13,16-17,25H,4-11H2,1H3,(H,26,30,31)/t13-,16?,17+/m1/s1. The van der Waals surface area contributed by atoms with Crippen LogP contribution >= 0.6 is 0 Å². The highest BCUT2D eigenvalue weighted by molar-refractivity contribution is 6.00. The smallest absolute Gasteiger partial charge is 0.329 e. The van der Waals surface area contributed by atoms with Crippen LogP contribution < -0.4 is 21.2 Å². The zero-order valence-electron chi connectivity index (χ0n) is 18.4. The van der Waals surface area contributed by atoms with Crippen molar-refractivity contribution in [2.24, 2.45) is 13.0 Å². The number of amides is 2. The lowest BCUT2D eigenvalue weighted by atomic mass is 9.99. The van der Waals surface area contributed by atoms with E-state index in [1.165, 1.54) is 16.2 Å². The first-order valence-electron chi connectivity index (χ1n) is 11.3. The fraction of sp³-hybridized carbons (Fsp3) is 0.591. The Morgan fingerprint density at radius 3 is 2.70 bits per heavy atom. The Hall–Kier alpha value is -2.79. The van der Waals surface area contributed by atoms with Gasteiger partial charge in [0.15, 0.2) is 5.82 Å². The minimum absolute atomic E-state index is 0.122. The lowest BCUT2D eigenvalue weighted by Crippen LogP contribution is -2.51. The summed E-state index contributed by atoms with van der Waals surface area (Å²) in [6.07, 6.45) is -0.449. The molecule has 3 fully saturated rings. The number of nitrogens with zero attached hydrogens (tertiary/aromatic N) is 3. The third kappa shape index (κ3) is 3.82. The predicted molar refractivity (Wildman–Crippen MR) is 116 cm³/mol. The minimum Gasteiger partial charge on any atom is -0.375 e. The number of aryl methyl sites for hydroxylation is 1. The van der Waals surface area contributed by atoms with E-state index in [0.717, 1.165) is 6.54 Å². The van der Waals surface area contributed by atoms with Gasteiger partial charge in [-0.25, -0.2) is 13.6 Å². The summed E-state index contributed by atoms with van der Waals surface area (Å²) >= 11 is 0. The Bertz CT molecular complexity index is 1160. The van der Waals surface area contributed by atoms with Crippen molar-refractivity contribution in [2.75, 3.05) is 37.7 Å². The number of fused-ring (bicyclic) bond motifs is 1. The number of ether oxygens (including phenoxy) is 1. The lowest BCUT2D eigenvalue weighted by Gasteiger charge is -2.42. The Balaban J connectivity index is 1.32. The van der Waals surface area contributed by atoms with Crippen molar-refractivity contribution in [3.63, 3.8) is 0 Å². The van der Waals surface area contributed by atoms with Gasteiger partial charge in [-0.1, -0.05) is 0 Å². The fourth-order valence-electron chi connectivity index (χ4n) is 5.01.